The largest absolute Gasteiger partial charge is 0.325 e. The summed E-state index contributed by atoms with van der Waals surface area (Å²) in [6, 6.07) is 7.44. The Labute approximate surface area is 112 Å². The highest BCUT2D eigenvalue weighted by Gasteiger charge is 2.23. The molecule has 5 heteroatoms. The van der Waals surface area contributed by atoms with Crippen LogP contribution in [0.1, 0.15) is 38.2 Å². The number of benzene rings is 1. The van der Waals surface area contributed by atoms with Gasteiger partial charge >= 0.3 is 0 Å². The van der Waals surface area contributed by atoms with E-state index in [1.807, 2.05) is 24.3 Å². The lowest BCUT2D eigenvalue weighted by Gasteiger charge is -2.23. The van der Waals surface area contributed by atoms with Crippen molar-refractivity contribution in [3.05, 3.63) is 29.8 Å². The maximum Gasteiger partial charge on any atom is 0.243 e. The molecule has 0 bridgehead atoms. The van der Waals surface area contributed by atoms with Crippen LogP contribution in [0.4, 0.5) is 5.69 Å². The van der Waals surface area contributed by atoms with Gasteiger partial charge in [0, 0.05) is 12.1 Å². The quantitative estimate of drug-likeness (QED) is 0.773. The molecule has 19 heavy (non-hydrogen) atoms. The first kappa shape index (κ1) is 13.5. The molecule has 0 aromatic heterocycles. The normalized spacial score (nSPS) is 19.1. The molecule has 1 aromatic carbocycles. The monoisotopic (exact) mass is 261 g/mol. The molecule has 0 saturated carbocycles. The van der Waals surface area contributed by atoms with E-state index in [0.29, 0.717) is 18.8 Å². The summed E-state index contributed by atoms with van der Waals surface area (Å²) in [6.45, 7) is 4.25. The van der Waals surface area contributed by atoms with Crippen LogP contribution in [0.5, 0.6) is 0 Å². The number of nitrogens with one attached hydrogen (secondary N) is 3. The number of rotatable bonds is 3. The topological polar surface area (TPSA) is 70.2 Å². The van der Waals surface area contributed by atoms with Gasteiger partial charge in [0.1, 0.15) is 6.04 Å². The van der Waals surface area contributed by atoms with Gasteiger partial charge in [-0.25, -0.2) is 5.43 Å². The van der Waals surface area contributed by atoms with Crippen LogP contribution in [0, 0.1) is 0 Å². The summed E-state index contributed by atoms with van der Waals surface area (Å²) in [6.07, 6.45) is 0.888. The van der Waals surface area contributed by atoms with Crippen LogP contribution in [-0.2, 0) is 9.59 Å². The van der Waals surface area contributed by atoms with Gasteiger partial charge in [0.15, 0.2) is 0 Å². The minimum Gasteiger partial charge on any atom is -0.325 e. The summed E-state index contributed by atoms with van der Waals surface area (Å²) >= 11 is 0. The zero-order chi connectivity index (χ0) is 13.8. The molecule has 1 heterocycles. The molecule has 102 valence electrons. The number of hydrogen-bond donors (Lipinski definition) is 3. The van der Waals surface area contributed by atoms with Crippen LogP contribution < -0.4 is 16.2 Å². The van der Waals surface area contributed by atoms with Crippen LogP contribution in [0.15, 0.2) is 24.3 Å². The maximum absolute atomic E-state index is 12.0. The summed E-state index contributed by atoms with van der Waals surface area (Å²) in [5.41, 5.74) is 7.19. The highest BCUT2D eigenvalue weighted by atomic mass is 16.2. The molecule has 0 aliphatic carbocycles. The number of carbonyl (C=O) groups excluding carboxylic acids is 2. The Morgan fingerprint density at radius 3 is 2.53 bits per heavy atom. The molecule has 3 N–H and O–H groups in total. The molecular weight excluding hydrogens is 242 g/mol. The fraction of sp³-hybridized carbons (Fsp3) is 0.429. The zero-order valence-electron chi connectivity index (χ0n) is 11.2. The Hall–Kier alpha value is -1.88. The second-order valence-electron chi connectivity index (χ2n) is 5.05. The fourth-order valence-electron chi connectivity index (χ4n) is 1.96. The van der Waals surface area contributed by atoms with E-state index in [4.69, 9.17) is 0 Å². The Bertz CT molecular complexity index is 458. The highest BCUT2D eigenvalue weighted by Crippen LogP contribution is 2.17. The molecule has 1 aromatic rings. The van der Waals surface area contributed by atoms with Gasteiger partial charge in [0.25, 0.3) is 0 Å². The summed E-state index contributed by atoms with van der Waals surface area (Å²) < 4.78 is 0. The molecule has 2 amide bonds. The molecule has 0 radical (unpaired) electrons. The van der Waals surface area contributed by atoms with Crippen molar-refractivity contribution < 1.29 is 9.59 Å². The zero-order valence-corrected chi connectivity index (χ0v) is 11.2. The summed E-state index contributed by atoms with van der Waals surface area (Å²) in [7, 11) is 0. The SMILES string of the molecule is CC(C)c1ccc(NC(=O)C2CCC(=O)NN2)cc1. The molecule has 2 rings (SSSR count). The van der Waals surface area contributed by atoms with E-state index in [1.165, 1.54) is 5.56 Å². The molecular formula is C14H19N3O2. The van der Waals surface area contributed by atoms with Crippen LogP contribution in [0.25, 0.3) is 0 Å². The number of amides is 2. The molecule has 1 saturated heterocycles. The number of carbonyl (C=O) groups is 2. The Balaban J connectivity index is 1.93. The number of hydrazine groups is 1. The van der Waals surface area contributed by atoms with Crippen LogP contribution in [0.2, 0.25) is 0 Å². The lowest BCUT2D eigenvalue weighted by atomic mass is 10.0. The van der Waals surface area contributed by atoms with E-state index in [9.17, 15) is 9.59 Å². The number of hydrogen-bond acceptors (Lipinski definition) is 3. The third-order valence-electron chi connectivity index (χ3n) is 3.21. The molecule has 1 atom stereocenters. The first-order valence-electron chi connectivity index (χ1n) is 6.51. The van der Waals surface area contributed by atoms with E-state index in [1.54, 1.807) is 0 Å². The van der Waals surface area contributed by atoms with Crippen LogP contribution in [0.3, 0.4) is 0 Å². The van der Waals surface area contributed by atoms with Gasteiger partial charge in [0.2, 0.25) is 11.8 Å². The summed E-state index contributed by atoms with van der Waals surface area (Å²) in [5, 5.41) is 2.84. The second-order valence-corrected chi connectivity index (χ2v) is 5.05. The van der Waals surface area contributed by atoms with Gasteiger partial charge in [-0.2, -0.15) is 0 Å². The summed E-state index contributed by atoms with van der Waals surface area (Å²) in [5.74, 6) is 0.266. The van der Waals surface area contributed by atoms with E-state index in [-0.39, 0.29) is 17.9 Å². The average Bonchev–Trinajstić information content (AvgIpc) is 2.40. The third kappa shape index (κ3) is 3.54. The first-order valence-corrected chi connectivity index (χ1v) is 6.51. The van der Waals surface area contributed by atoms with Gasteiger partial charge in [-0.1, -0.05) is 26.0 Å². The average molecular weight is 261 g/mol. The molecule has 1 unspecified atom stereocenters. The first-order chi connectivity index (χ1) is 9.06. The Morgan fingerprint density at radius 1 is 1.32 bits per heavy atom. The minimum atomic E-state index is -0.373. The van der Waals surface area contributed by atoms with Crippen LogP contribution >= 0.6 is 0 Å². The van der Waals surface area contributed by atoms with E-state index in [0.717, 1.165) is 5.69 Å². The van der Waals surface area contributed by atoms with Crippen molar-refractivity contribution in [1.29, 1.82) is 0 Å². The van der Waals surface area contributed by atoms with Crippen molar-refractivity contribution in [1.82, 2.24) is 10.9 Å². The van der Waals surface area contributed by atoms with Crippen molar-refractivity contribution in [3.63, 3.8) is 0 Å². The van der Waals surface area contributed by atoms with E-state index >= 15 is 0 Å². The fourth-order valence-corrected chi connectivity index (χ4v) is 1.96. The number of anilines is 1. The van der Waals surface area contributed by atoms with Gasteiger partial charge in [-0.05, 0) is 30.0 Å². The van der Waals surface area contributed by atoms with Crippen molar-refractivity contribution in [2.45, 2.75) is 38.6 Å². The third-order valence-corrected chi connectivity index (χ3v) is 3.21. The standard InChI is InChI=1S/C14H19N3O2/c1-9(2)10-3-5-11(6-4-10)15-14(19)12-7-8-13(18)17-16-12/h3-6,9,12,16H,7-8H2,1-2H3,(H,15,19)(H,17,18). The van der Waals surface area contributed by atoms with Gasteiger partial charge in [-0.15, -0.1) is 0 Å². The van der Waals surface area contributed by atoms with E-state index < -0.39 is 0 Å². The van der Waals surface area contributed by atoms with Crippen molar-refractivity contribution in [3.8, 4) is 0 Å². The predicted octanol–water partition coefficient (Wildman–Crippen LogP) is 1.53. The molecule has 5 nitrogen and oxygen atoms in total. The van der Waals surface area contributed by atoms with Gasteiger partial charge in [0.05, 0.1) is 0 Å². The smallest absolute Gasteiger partial charge is 0.243 e. The second kappa shape index (κ2) is 5.84. The Kier molecular flexibility index (Phi) is 4.16. The van der Waals surface area contributed by atoms with Crippen molar-refractivity contribution in [2.24, 2.45) is 0 Å². The predicted molar refractivity (Wildman–Crippen MR) is 73.5 cm³/mol. The molecule has 1 fully saturated rings. The van der Waals surface area contributed by atoms with E-state index in [2.05, 4.69) is 30.0 Å². The minimum absolute atomic E-state index is 0.0784. The Morgan fingerprint density at radius 2 is 2.00 bits per heavy atom. The van der Waals surface area contributed by atoms with Crippen molar-refractivity contribution >= 4 is 17.5 Å². The summed E-state index contributed by atoms with van der Waals surface area (Å²) in [4.78, 5) is 23.0. The maximum atomic E-state index is 12.0. The highest BCUT2D eigenvalue weighted by molar-refractivity contribution is 5.95. The molecule has 0 spiro atoms. The van der Waals surface area contributed by atoms with Crippen molar-refractivity contribution in [2.75, 3.05) is 5.32 Å². The lowest BCUT2D eigenvalue weighted by Crippen LogP contribution is -2.54. The van der Waals surface area contributed by atoms with Gasteiger partial charge in [-0.3, -0.25) is 15.0 Å². The molecule has 1 aliphatic rings. The van der Waals surface area contributed by atoms with Gasteiger partial charge < -0.3 is 5.32 Å². The van der Waals surface area contributed by atoms with Crippen LogP contribution in [-0.4, -0.2) is 17.9 Å². The molecule has 1 aliphatic heterocycles. The lowest BCUT2D eigenvalue weighted by molar-refractivity contribution is -0.126.